The third-order valence-corrected chi connectivity index (χ3v) is 2.42. The van der Waals surface area contributed by atoms with Crippen molar-refractivity contribution in [2.45, 2.75) is 6.42 Å². The van der Waals surface area contributed by atoms with E-state index in [1.807, 2.05) is 0 Å². The second kappa shape index (κ2) is 4.47. The molecule has 0 aliphatic carbocycles. The summed E-state index contributed by atoms with van der Waals surface area (Å²) < 4.78 is 0. The minimum atomic E-state index is 0.164. The number of alkyl halides is 1. The fourth-order valence-corrected chi connectivity index (χ4v) is 1.31. The van der Waals surface area contributed by atoms with E-state index in [4.69, 9.17) is 46.4 Å². The Morgan fingerprint density at radius 2 is 1.50 bits per heavy atom. The quantitative estimate of drug-likeness (QED) is 0.591. The van der Waals surface area contributed by atoms with Crippen molar-refractivity contribution in [3.63, 3.8) is 0 Å². The molecule has 0 aliphatic rings. The third kappa shape index (κ3) is 2.36. The topological polar surface area (TPSA) is 25.8 Å². The number of aryl methyl sites for hydroxylation is 1. The summed E-state index contributed by atoms with van der Waals surface area (Å²) in [5.74, 6) is 0.929. The van der Waals surface area contributed by atoms with Crippen LogP contribution in [0.1, 0.15) is 5.82 Å². The molecule has 1 aromatic rings. The highest BCUT2D eigenvalue weighted by Crippen LogP contribution is 2.26. The first-order valence-corrected chi connectivity index (χ1v) is 4.75. The second-order valence-electron chi connectivity index (χ2n) is 1.97. The molecule has 0 radical (unpaired) electrons. The minimum Gasteiger partial charge on any atom is -0.219 e. The molecule has 0 aliphatic heterocycles. The van der Waals surface area contributed by atoms with E-state index >= 15 is 0 Å². The van der Waals surface area contributed by atoms with Gasteiger partial charge >= 0.3 is 0 Å². The molecule has 0 unspecified atom stereocenters. The minimum absolute atomic E-state index is 0.164. The molecule has 6 heteroatoms. The Balaban J connectivity index is 3.04. The average molecular weight is 246 g/mol. The van der Waals surface area contributed by atoms with Gasteiger partial charge < -0.3 is 0 Å². The lowest BCUT2D eigenvalue weighted by Crippen LogP contribution is -1.97. The van der Waals surface area contributed by atoms with Gasteiger partial charge in [-0.3, -0.25) is 0 Å². The molecule has 0 bridgehead atoms. The summed E-state index contributed by atoms with van der Waals surface area (Å²) in [5.41, 5.74) is 0. The predicted molar refractivity (Wildman–Crippen MR) is 51.5 cm³/mol. The molecular weight excluding hydrogens is 242 g/mol. The smallest absolute Gasteiger partial charge is 0.152 e. The molecule has 0 aromatic carbocycles. The van der Waals surface area contributed by atoms with Crippen LogP contribution in [0.4, 0.5) is 0 Å². The second-order valence-corrected chi connectivity index (χ2v) is 3.45. The highest BCUT2D eigenvalue weighted by atomic mass is 35.5. The zero-order valence-electron chi connectivity index (χ0n) is 5.82. The van der Waals surface area contributed by atoms with Crippen molar-refractivity contribution in [3.8, 4) is 0 Å². The monoisotopic (exact) mass is 244 g/mol. The molecule has 12 heavy (non-hydrogen) atoms. The first-order valence-electron chi connectivity index (χ1n) is 3.08. The van der Waals surface area contributed by atoms with Gasteiger partial charge in [-0.25, -0.2) is 9.97 Å². The lowest BCUT2D eigenvalue weighted by Gasteiger charge is -2.00. The molecule has 0 atom stereocenters. The summed E-state index contributed by atoms with van der Waals surface area (Å²) in [5, 5.41) is 0.505. The molecule has 0 fully saturated rings. The summed E-state index contributed by atoms with van der Waals surface area (Å²) in [6.07, 6.45) is 0.526. The molecule has 1 heterocycles. The lowest BCUT2D eigenvalue weighted by molar-refractivity contribution is 0.945. The lowest BCUT2D eigenvalue weighted by atomic mass is 10.4. The number of nitrogens with zero attached hydrogens (tertiary/aromatic N) is 2. The Morgan fingerprint density at radius 3 is 1.92 bits per heavy atom. The van der Waals surface area contributed by atoms with E-state index in [1.165, 1.54) is 0 Å². The van der Waals surface area contributed by atoms with Gasteiger partial charge in [-0.1, -0.05) is 34.8 Å². The fourth-order valence-electron chi connectivity index (χ4n) is 0.631. The molecule has 0 spiro atoms. The molecule has 66 valence electrons. The SMILES string of the molecule is ClCCc1nc(Cl)c(Cl)c(Cl)n1. The van der Waals surface area contributed by atoms with Crippen LogP contribution in [-0.2, 0) is 6.42 Å². The standard InChI is InChI=1S/C6H4Cl4N2/c7-2-1-3-11-5(9)4(8)6(10)12-3/h1-2H2. The van der Waals surface area contributed by atoms with Crippen LogP contribution in [0.25, 0.3) is 0 Å². The van der Waals surface area contributed by atoms with Gasteiger partial charge in [0.1, 0.15) is 10.8 Å². The largest absolute Gasteiger partial charge is 0.219 e. The van der Waals surface area contributed by atoms with E-state index in [-0.39, 0.29) is 15.3 Å². The Morgan fingerprint density at radius 1 is 1.00 bits per heavy atom. The molecular formula is C6H4Cl4N2. The van der Waals surface area contributed by atoms with E-state index in [0.29, 0.717) is 18.1 Å². The summed E-state index contributed by atoms with van der Waals surface area (Å²) in [6, 6.07) is 0. The van der Waals surface area contributed by atoms with Gasteiger partial charge in [0.15, 0.2) is 10.3 Å². The highest BCUT2D eigenvalue weighted by molar-refractivity contribution is 6.46. The van der Waals surface area contributed by atoms with Gasteiger partial charge in [0.25, 0.3) is 0 Å². The van der Waals surface area contributed by atoms with E-state index in [9.17, 15) is 0 Å². The maximum absolute atomic E-state index is 5.64. The van der Waals surface area contributed by atoms with Crippen LogP contribution in [0, 0.1) is 0 Å². The summed E-state index contributed by atoms with van der Waals surface area (Å²) in [6.45, 7) is 0. The van der Waals surface area contributed by atoms with Gasteiger partial charge in [0.2, 0.25) is 0 Å². The molecule has 0 amide bonds. The van der Waals surface area contributed by atoms with Crippen LogP contribution in [-0.4, -0.2) is 15.8 Å². The van der Waals surface area contributed by atoms with Crippen LogP contribution in [0.15, 0.2) is 0 Å². The first-order chi connectivity index (χ1) is 5.65. The molecule has 0 saturated heterocycles. The summed E-state index contributed by atoms with van der Waals surface area (Å²) in [7, 11) is 0. The number of hydrogen-bond acceptors (Lipinski definition) is 2. The fraction of sp³-hybridized carbons (Fsp3) is 0.333. The first kappa shape index (κ1) is 10.3. The van der Waals surface area contributed by atoms with Crippen molar-refractivity contribution < 1.29 is 0 Å². The molecule has 0 saturated carbocycles. The van der Waals surface area contributed by atoms with Crippen molar-refractivity contribution in [3.05, 3.63) is 21.2 Å². The Labute approximate surface area is 89.8 Å². The Bertz CT molecular complexity index is 266. The molecule has 0 N–H and O–H groups in total. The van der Waals surface area contributed by atoms with E-state index < -0.39 is 0 Å². The van der Waals surface area contributed by atoms with Crippen LogP contribution in [0.2, 0.25) is 15.3 Å². The summed E-state index contributed by atoms with van der Waals surface area (Å²) in [4.78, 5) is 7.75. The molecule has 2 nitrogen and oxygen atoms in total. The number of rotatable bonds is 2. The van der Waals surface area contributed by atoms with Crippen molar-refractivity contribution in [1.82, 2.24) is 9.97 Å². The van der Waals surface area contributed by atoms with Crippen LogP contribution in [0.3, 0.4) is 0 Å². The van der Waals surface area contributed by atoms with Crippen LogP contribution in [0.5, 0.6) is 0 Å². The van der Waals surface area contributed by atoms with Crippen LogP contribution >= 0.6 is 46.4 Å². The number of halogens is 4. The van der Waals surface area contributed by atoms with E-state index in [0.717, 1.165) is 0 Å². The maximum Gasteiger partial charge on any atom is 0.152 e. The van der Waals surface area contributed by atoms with Crippen molar-refractivity contribution >= 4 is 46.4 Å². The molecule has 1 rings (SSSR count). The normalized spacial score (nSPS) is 10.3. The zero-order chi connectivity index (χ0) is 9.14. The number of hydrogen-bond donors (Lipinski definition) is 0. The van der Waals surface area contributed by atoms with Gasteiger partial charge in [-0.2, -0.15) is 0 Å². The van der Waals surface area contributed by atoms with Gasteiger partial charge in [0.05, 0.1) is 0 Å². The van der Waals surface area contributed by atoms with Gasteiger partial charge in [-0.15, -0.1) is 11.6 Å². The average Bonchev–Trinajstić information content (AvgIpc) is 2.01. The Hall–Kier alpha value is 0.240. The zero-order valence-corrected chi connectivity index (χ0v) is 8.84. The highest BCUT2D eigenvalue weighted by Gasteiger charge is 2.08. The van der Waals surface area contributed by atoms with E-state index in [1.54, 1.807) is 0 Å². The van der Waals surface area contributed by atoms with Crippen molar-refractivity contribution in [1.29, 1.82) is 0 Å². The molecule has 1 aromatic heterocycles. The Kier molecular flexibility index (Phi) is 3.84. The summed E-state index contributed by atoms with van der Waals surface area (Å²) >= 11 is 22.4. The van der Waals surface area contributed by atoms with E-state index in [2.05, 4.69) is 9.97 Å². The number of aromatic nitrogens is 2. The van der Waals surface area contributed by atoms with Crippen molar-refractivity contribution in [2.75, 3.05) is 5.88 Å². The predicted octanol–water partition coefficient (Wildman–Crippen LogP) is 3.22. The van der Waals surface area contributed by atoms with Gasteiger partial charge in [-0.05, 0) is 0 Å². The maximum atomic E-state index is 5.64. The van der Waals surface area contributed by atoms with Crippen LogP contribution < -0.4 is 0 Å². The van der Waals surface area contributed by atoms with Crippen molar-refractivity contribution in [2.24, 2.45) is 0 Å². The third-order valence-electron chi connectivity index (χ3n) is 1.13. The van der Waals surface area contributed by atoms with Gasteiger partial charge in [0, 0.05) is 12.3 Å².